The molecule has 0 unspecified atom stereocenters. The molecule has 1 aliphatic rings. The highest BCUT2D eigenvalue weighted by Crippen LogP contribution is 2.18. The van der Waals surface area contributed by atoms with Crippen molar-refractivity contribution in [2.45, 2.75) is 0 Å². The number of hydrogen-bond acceptors (Lipinski definition) is 4. The zero-order valence-electron chi connectivity index (χ0n) is 9.06. The van der Waals surface area contributed by atoms with Crippen molar-refractivity contribution < 1.29 is 9.00 Å². The maximum absolute atomic E-state index is 12.1. The van der Waals surface area contributed by atoms with Gasteiger partial charge in [0.2, 0.25) is 0 Å². The summed E-state index contributed by atoms with van der Waals surface area (Å²) in [7, 11) is -0.811. The van der Waals surface area contributed by atoms with Crippen molar-refractivity contribution in [1.29, 1.82) is 0 Å². The first-order valence-electron chi connectivity index (χ1n) is 5.13. The Kier molecular flexibility index (Phi) is 3.63. The standard InChI is InChI=1S/C10H12ClN3O2S/c11-9-8(5-7(12)6-13-9)10(15)14-1-3-17(16)4-2-14/h5-6H,1-4,12H2. The highest BCUT2D eigenvalue weighted by molar-refractivity contribution is 7.85. The molecule has 0 bridgehead atoms. The van der Waals surface area contributed by atoms with Crippen molar-refractivity contribution >= 4 is 34.0 Å². The zero-order chi connectivity index (χ0) is 12.4. The molecule has 0 atom stereocenters. The summed E-state index contributed by atoms with van der Waals surface area (Å²) in [5, 5.41) is 0.149. The van der Waals surface area contributed by atoms with Crippen molar-refractivity contribution in [3.8, 4) is 0 Å². The van der Waals surface area contributed by atoms with Gasteiger partial charge in [-0.1, -0.05) is 11.6 Å². The lowest BCUT2D eigenvalue weighted by molar-refractivity contribution is 0.0771. The fourth-order valence-corrected chi connectivity index (χ4v) is 2.86. The zero-order valence-corrected chi connectivity index (χ0v) is 10.6. The van der Waals surface area contributed by atoms with Gasteiger partial charge in [-0.15, -0.1) is 0 Å². The quantitative estimate of drug-likeness (QED) is 0.757. The normalized spacial score (nSPS) is 17.1. The summed E-state index contributed by atoms with van der Waals surface area (Å²) in [6.07, 6.45) is 1.41. The average Bonchev–Trinajstić information content (AvgIpc) is 2.32. The Morgan fingerprint density at radius 2 is 2.12 bits per heavy atom. The van der Waals surface area contributed by atoms with Crippen molar-refractivity contribution in [1.82, 2.24) is 9.88 Å². The molecular formula is C10H12ClN3O2S. The molecule has 0 radical (unpaired) electrons. The highest BCUT2D eigenvalue weighted by Gasteiger charge is 2.23. The minimum absolute atomic E-state index is 0.149. The molecule has 0 spiro atoms. The monoisotopic (exact) mass is 273 g/mol. The second-order valence-corrected chi connectivity index (χ2v) is 5.80. The van der Waals surface area contributed by atoms with Crippen LogP contribution in [0.2, 0.25) is 5.15 Å². The number of halogens is 1. The first-order chi connectivity index (χ1) is 8.08. The summed E-state index contributed by atoms with van der Waals surface area (Å²) in [5.41, 5.74) is 6.28. The molecule has 1 fully saturated rings. The van der Waals surface area contributed by atoms with Crippen LogP contribution in [0.4, 0.5) is 5.69 Å². The van der Waals surface area contributed by atoms with Gasteiger partial charge >= 0.3 is 0 Å². The van der Waals surface area contributed by atoms with Gasteiger partial charge in [0.05, 0.1) is 17.4 Å². The third-order valence-electron chi connectivity index (χ3n) is 2.56. The Morgan fingerprint density at radius 3 is 2.76 bits per heavy atom. The number of rotatable bonds is 1. The molecule has 2 rings (SSSR count). The van der Waals surface area contributed by atoms with Crippen LogP contribution in [-0.2, 0) is 10.8 Å². The maximum atomic E-state index is 12.1. The lowest BCUT2D eigenvalue weighted by Crippen LogP contribution is -2.41. The van der Waals surface area contributed by atoms with Crippen molar-refractivity contribution in [2.24, 2.45) is 0 Å². The third-order valence-corrected chi connectivity index (χ3v) is 4.13. The van der Waals surface area contributed by atoms with E-state index in [0.29, 0.717) is 35.8 Å². The molecule has 7 heteroatoms. The van der Waals surface area contributed by atoms with Crippen LogP contribution >= 0.6 is 11.6 Å². The summed E-state index contributed by atoms with van der Waals surface area (Å²) in [4.78, 5) is 17.6. The molecule has 2 heterocycles. The highest BCUT2D eigenvalue weighted by atomic mass is 35.5. The predicted molar refractivity (Wildman–Crippen MR) is 67.4 cm³/mol. The van der Waals surface area contributed by atoms with E-state index in [0.717, 1.165) is 0 Å². The fourth-order valence-electron chi connectivity index (χ4n) is 1.63. The molecule has 5 nitrogen and oxygen atoms in total. The Bertz CT molecular complexity index is 471. The number of carbonyl (C=O) groups is 1. The molecule has 0 saturated carbocycles. The SMILES string of the molecule is Nc1cnc(Cl)c(C(=O)N2CCS(=O)CC2)c1. The van der Waals surface area contributed by atoms with Gasteiger partial charge in [-0.25, -0.2) is 4.98 Å². The molecule has 1 aromatic heterocycles. The molecular weight excluding hydrogens is 262 g/mol. The van der Waals surface area contributed by atoms with Gasteiger partial charge in [-0.2, -0.15) is 0 Å². The molecule has 1 amide bonds. The van der Waals surface area contributed by atoms with Crippen LogP contribution < -0.4 is 5.73 Å². The van der Waals surface area contributed by atoms with Gasteiger partial charge in [0, 0.05) is 35.4 Å². The molecule has 0 aliphatic carbocycles. The van der Waals surface area contributed by atoms with Crippen LogP contribution in [0.25, 0.3) is 0 Å². The van der Waals surface area contributed by atoms with E-state index in [-0.39, 0.29) is 11.1 Å². The number of anilines is 1. The largest absolute Gasteiger partial charge is 0.397 e. The van der Waals surface area contributed by atoms with E-state index in [2.05, 4.69) is 4.98 Å². The lowest BCUT2D eigenvalue weighted by atomic mass is 10.2. The number of nitrogen functional groups attached to an aromatic ring is 1. The second-order valence-electron chi connectivity index (χ2n) is 3.75. The summed E-state index contributed by atoms with van der Waals surface area (Å²) in [6.45, 7) is 0.965. The maximum Gasteiger partial charge on any atom is 0.257 e. The van der Waals surface area contributed by atoms with Gasteiger partial charge in [0.25, 0.3) is 5.91 Å². The predicted octanol–water partition coefficient (Wildman–Crippen LogP) is 0.522. The van der Waals surface area contributed by atoms with Crippen LogP contribution in [0.5, 0.6) is 0 Å². The van der Waals surface area contributed by atoms with Crippen molar-refractivity contribution in [2.75, 3.05) is 30.3 Å². The van der Waals surface area contributed by atoms with E-state index in [1.807, 2.05) is 0 Å². The Balaban J connectivity index is 2.19. The number of nitrogens with zero attached hydrogens (tertiary/aromatic N) is 2. The van der Waals surface area contributed by atoms with Gasteiger partial charge in [-0.05, 0) is 6.07 Å². The molecule has 1 aromatic rings. The van der Waals surface area contributed by atoms with Crippen LogP contribution in [0.1, 0.15) is 10.4 Å². The summed E-state index contributed by atoms with van der Waals surface area (Å²) >= 11 is 5.86. The summed E-state index contributed by atoms with van der Waals surface area (Å²) in [6, 6.07) is 1.52. The van der Waals surface area contributed by atoms with E-state index < -0.39 is 10.8 Å². The second kappa shape index (κ2) is 5.01. The molecule has 92 valence electrons. The number of pyridine rings is 1. The minimum atomic E-state index is -0.811. The van der Waals surface area contributed by atoms with Gasteiger partial charge < -0.3 is 10.6 Å². The van der Waals surface area contributed by atoms with E-state index in [4.69, 9.17) is 17.3 Å². The van der Waals surface area contributed by atoms with Crippen LogP contribution in [0.15, 0.2) is 12.3 Å². The smallest absolute Gasteiger partial charge is 0.257 e. The van der Waals surface area contributed by atoms with Crippen LogP contribution in [-0.4, -0.2) is 44.6 Å². The number of aromatic nitrogens is 1. The Morgan fingerprint density at radius 1 is 1.47 bits per heavy atom. The Hall–Kier alpha value is -1.14. The van der Waals surface area contributed by atoms with E-state index >= 15 is 0 Å². The first kappa shape index (κ1) is 12.3. The topological polar surface area (TPSA) is 76.3 Å². The number of amides is 1. The number of nitrogens with two attached hydrogens (primary N) is 1. The number of hydrogen-bond donors (Lipinski definition) is 1. The summed E-state index contributed by atoms with van der Waals surface area (Å²) < 4.78 is 11.2. The molecule has 0 aromatic carbocycles. The van der Waals surface area contributed by atoms with Gasteiger partial charge in [0.15, 0.2) is 0 Å². The average molecular weight is 274 g/mol. The number of carbonyl (C=O) groups excluding carboxylic acids is 1. The summed E-state index contributed by atoms with van der Waals surface area (Å²) in [5.74, 6) is 0.824. The van der Waals surface area contributed by atoms with Gasteiger partial charge in [0.1, 0.15) is 5.15 Å². The van der Waals surface area contributed by atoms with Crippen molar-refractivity contribution in [3.63, 3.8) is 0 Å². The fraction of sp³-hybridized carbons (Fsp3) is 0.400. The molecule has 2 N–H and O–H groups in total. The van der Waals surface area contributed by atoms with Crippen LogP contribution in [0, 0.1) is 0 Å². The minimum Gasteiger partial charge on any atom is -0.397 e. The first-order valence-corrected chi connectivity index (χ1v) is 7.00. The molecule has 17 heavy (non-hydrogen) atoms. The lowest BCUT2D eigenvalue weighted by Gasteiger charge is -2.26. The van der Waals surface area contributed by atoms with Crippen molar-refractivity contribution in [3.05, 3.63) is 23.0 Å². The van der Waals surface area contributed by atoms with E-state index in [1.165, 1.54) is 12.3 Å². The van der Waals surface area contributed by atoms with Gasteiger partial charge in [-0.3, -0.25) is 9.00 Å². The van der Waals surface area contributed by atoms with Crippen LogP contribution in [0.3, 0.4) is 0 Å². The molecule has 1 saturated heterocycles. The molecule has 1 aliphatic heterocycles. The van der Waals surface area contributed by atoms with E-state index in [1.54, 1.807) is 4.90 Å². The third kappa shape index (κ3) is 2.76. The van der Waals surface area contributed by atoms with E-state index in [9.17, 15) is 9.00 Å². The Labute approximate surface area is 106 Å².